The molecule has 0 saturated heterocycles. The van der Waals surface area contributed by atoms with Crippen LogP contribution in [0.4, 0.5) is 0 Å². The topological polar surface area (TPSA) is 49.7 Å². The Morgan fingerprint density at radius 2 is 1.84 bits per heavy atom. The van der Waals surface area contributed by atoms with Crippen LogP contribution in [0.5, 0.6) is 0 Å². The van der Waals surface area contributed by atoms with Crippen molar-refractivity contribution in [2.24, 2.45) is 35.0 Å². The predicted octanol–water partition coefficient (Wildman–Crippen LogP) is 4.85. The lowest BCUT2D eigenvalue weighted by molar-refractivity contribution is -0.119. The third-order valence-corrected chi connectivity index (χ3v) is 8.74. The van der Waals surface area contributed by atoms with Gasteiger partial charge in [0, 0.05) is 7.11 Å². The minimum absolute atomic E-state index is 0.248. The van der Waals surface area contributed by atoms with Crippen LogP contribution in [0.25, 0.3) is 0 Å². The van der Waals surface area contributed by atoms with Crippen molar-refractivity contribution < 1.29 is 14.9 Å². The molecule has 4 aliphatic carbocycles. The second-order valence-electron chi connectivity index (χ2n) is 9.89. The van der Waals surface area contributed by atoms with Gasteiger partial charge in [-0.3, -0.25) is 0 Å². The molecular weight excluding hydrogens is 312 g/mol. The maximum atomic E-state index is 10.8. The average Bonchev–Trinajstić information content (AvgIpc) is 2.91. The largest absolute Gasteiger partial charge is 0.513 e. The van der Waals surface area contributed by atoms with Crippen LogP contribution >= 0.6 is 0 Å². The van der Waals surface area contributed by atoms with Gasteiger partial charge in [-0.25, -0.2) is 0 Å². The first-order valence-electron chi connectivity index (χ1n) is 10.5. The van der Waals surface area contributed by atoms with Crippen molar-refractivity contribution in [1.29, 1.82) is 0 Å². The van der Waals surface area contributed by atoms with E-state index in [1.165, 1.54) is 44.1 Å². The summed E-state index contributed by atoms with van der Waals surface area (Å²) in [5, 5.41) is 21.0. The Morgan fingerprint density at radius 3 is 2.56 bits per heavy atom. The van der Waals surface area contributed by atoms with E-state index in [2.05, 4.69) is 6.92 Å². The summed E-state index contributed by atoms with van der Waals surface area (Å²) in [4.78, 5) is 0. The van der Waals surface area contributed by atoms with E-state index < -0.39 is 5.60 Å². The van der Waals surface area contributed by atoms with Gasteiger partial charge in [0.05, 0.1) is 18.0 Å². The standard InChI is InChI=1S/C22H36O3/c1-14(23)19-6-7-20-18-5-4-15-12-22(24,13-25-3)11-9-16(15)17(18)8-10-21(19,20)2/h15-18,20,23-24H,4-13H2,1-3H3/b19-14+/t15-,16+,17-,18-,20+,21-,22+/m1/s1. The average molecular weight is 349 g/mol. The van der Waals surface area contributed by atoms with Gasteiger partial charge < -0.3 is 14.9 Å². The van der Waals surface area contributed by atoms with E-state index in [1.54, 1.807) is 7.11 Å². The van der Waals surface area contributed by atoms with E-state index in [0.717, 1.165) is 42.9 Å². The van der Waals surface area contributed by atoms with Crippen LogP contribution in [-0.4, -0.2) is 29.5 Å². The van der Waals surface area contributed by atoms with Crippen molar-refractivity contribution in [2.75, 3.05) is 13.7 Å². The monoisotopic (exact) mass is 348 g/mol. The molecular formula is C22H36O3. The number of hydrogen-bond acceptors (Lipinski definition) is 3. The molecule has 0 spiro atoms. The number of methoxy groups -OCH3 is 1. The van der Waals surface area contributed by atoms with Crippen molar-refractivity contribution in [3.05, 3.63) is 11.3 Å². The molecule has 0 aromatic carbocycles. The molecule has 4 fully saturated rings. The number of aliphatic hydroxyl groups is 2. The van der Waals surface area contributed by atoms with Gasteiger partial charge in [0.2, 0.25) is 0 Å². The summed E-state index contributed by atoms with van der Waals surface area (Å²) in [7, 11) is 1.71. The van der Waals surface area contributed by atoms with Crippen LogP contribution in [-0.2, 0) is 4.74 Å². The van der Waals surface area contributed by atoms with Crippen LogP contribution in [0.1, 0.15) is 71.6 Å². The maximum Gasteiger partial charge on any atom is 0.0889 e. The third kappa shape index (κ3) is 2.77. The molecule has 3 nitrogen and oxygen atoms in total. The lowest BCUT2D eigenvalue weighted by atomic mass is 9.49. The number of rotatable bonds is 2. The lowest BCUT2D eigenvalue weighted by Gasteiger charge is -2.56. The van der Waals surface area contributed by atoms with Crippen molar-refractivity contribution in [3.8, 4) is 0 Å². The Labute approximate surface area is 152 Å². The Hall–Kier alpha value is -0.540. The fourth-order valence-electron chi connectivity index (χ4n) is 7.77. The van der Waals surface area contributed by atoms with Crippen molar-refractivity contribution >= 4 is 0 Å². The molecule has 0 aromatic heterocycles. The number of fused-ring (bicyclic) bond motifs is 5. The normalized spacial score (nSPS) is 51.4. The molecule has 142 valence electrons. The molecule has 0 amide bonds. The summed E-state index contributed by atoms with van der Waals surface area (Å²) in [6, 6.07) is 0. The molecule has 0 heterocycles. The minimum Gasteiger partial charge on any atom is -0.513 e. The molecule has 0 unspecified atom stereocenters. The van der Waals surface area contributed by atoms with Crippen molar-refractivity contribution in [1.82, 2.24) is 0 Å². The van der Waals surface area contributed by atoms with E-state index in [9.17, 15) is 10.2 Å². The Bertz CT molecular complexity index is 551. The molecule has 3 heteroatoms. The highest BCUT2D eigenvalue weighted by Gasteiger charge is 2.56. The summed E-state index contributed by atoms with van der Waals surface area (Å²) < 4.78 is 5.30. The zero-order chi connectivity index (χ0) is 17.8. The fraction of sp³-hybridized carbons (Fsp3) is 0.909. The highest BCUT2D eigenvalue weighted by molar-refractivity contribution is 5.25. The Balaban J connectivity index is 1.53. The second-order valence-corrected chi connectivity index (χ2v) is 9.89. The molecule has 4 saturated carbocycles. The summed E-state index contributed by atoms with van der Waals surface area (Å²) in [5.74, 6) is 4.55. The third-order valence-electron chi connectivity index (χ3n) is 8.74. The molecule has 25 heavy (non-hydrogen) atoms. The minimum atomic E-state index is -0.580. The van der Waals surface area contributed by atoms with E-state index in [-0.39, 0.29) is 5.41 Å². The molecule has 7 atom stereocenters. The number of allylic oxidation sites excluding steroid dienone is 2. The Morgan fingerprint density at radius 1 is 1.08 bits per heavy atom. The highest BCUT2D eigenvalue weighted by atomic mass is 16.5. The second kappa shape index (κ2) is 6.27. The zero-order valence-corrected chi connectivity index (χ0v) is 16.3. The fourth-order valence-corrected chi connectivity index (χ4v) is 7.77. The van der Waals surface area contributed by atoms with E-state index in [1.807, 2.05) is 6.92 Å². The first-order chi connectivity index (χ1) is 11.9. The van der Waals surface area contributed by atoms with Gasteiger partial charge >= 0.3 is 0 Å². The summed E-state index contributed by atoms with van der Waals surface area (Å²) in [6.07, 6.45) is 10.6. The zero-order valence-electron chi connectivity index (χ0n) is 16.3. The van der Waals surface area contributed by atoms with E-state index in [0.29, 0.717) is 18.3 Å². The van der Waals surface area contributed by atoms with Gasteiger partial charge in [0.25, 0.3) is 0 Å². The van der Waals surface area contributed by atoms with Gasteiger partial charge in [-0.2, -0.15) is 0 Å². The maximum absolute atomic E-state index is 10.8. The first-order valence-corrected chi connectivity index (χ1v) is 10.5. The molecule has 4 rings (SSSR count). The number of hydrogen-bond donors (Lipinski definition) is 2. The smallest absolute Gasteiger partial charge is 0.0889 e. The van der Waals surface area contributed by atoms with Crippen molar-refractivity contribution in [2.45, 2.75) is 77.2 Å². The molecule has 4 aliphatic rings. The number of aliphatic hydroxyl groups excluding tert-OH is 1. The highest BCUT2D eigenvalue weighted by Crippen LogP contribution is 2.64. The lowest BCUT2D eigenvalue weighted by Crippen LogP contribution is -2.51. The van der Waals surface area contributed by atoms with Crippen LogP contribution in [0.2, 0.25) is 0 Å². The van der Waals surface area contributed by atoms with E-state index in [4.69, 9.17) is 4.74 Å². The van der Waals surface area contributed by atoms with Crippen LogP contribution in [0.3, 0.4) is 0 Å². The molecule has 0 bridgehead atoms. The first kappa shape index (κ1) is 17.9. The van der Waals surface area contributed by atoms with Gasteiger partial charge in [0.1, 0.15) is 0 Å². The van der Waals surface area contributed by atoms with Gasteiger partial charge in [-0.15, -0.1) is 0 Å². The molecule has 0 aliphatic heterocycles. The van der Waals surface area contributed by atoms with E-state index >= 15 is 0 Å². The van der Waals surface area contributed by atoms with Gasteiger partial charge in [-0.05, 0) is 105 Å². The Kier molecular flexibility index (Phi) is 4.47. The SMILES string of the molecule is COC[C@]1(O)CC[C@H]2[C@H](CC[C@@H]3[C@@H]2CC[C@]2(C)/C(=C(\C)O)CC[C@@H]32)C1. The summed E-state index contributed by atoms with van der Waals surface area (Å²) in [6.45, 7) is 4.82. The quantitative estimate of drug-likeness (QED) is 0.702. The van der Waals surface area contributed by atoms with Crippen molar-refractivity contribution in [3.63, 3.8) is 0 Å². The molecule has 2 N–H and O–H groups in total. The number of ether oxygens (including phenoxy) is 1. The molecule has 0 aromatic rings. The van der Waals surface area contributed by atoms with Gasteiger partial charge in [0.15, 0.2) is 0 Å². The molecule has 0 radical (unpaired) electrons. The summed E-state index contributed by atoms with van der Waals surface area (Å²) in [5.41, 5.74) is 1.03. The van der Waals surface area contributed by atoms with Crippen LogP contribution in [0, 0.1) is 35.0 Å². The summed E-state index contributed by atoms with van der Waals surface area (Å²) >= 11 is 0. The van der Waals surface area contributed by atoms with Gasteiger partial charge in [-0.1, -0.05) is 6.92 Å². The van der Waals surface area contributed by atoms with Crippen LogP contribution < -0.4 is 0 Å². The van der Waals surface area contributed by atoms with Crippen LogP contribution in [0.15, 0.2) is 11.3 Å². The predicted molar refractivity (Wildman–Crippen MR) is 99.3 cm³/mol.